The summed E-state index contributed by atoms with van der Waals surface area (Å²) < 4.78 is 0. The molecular weight excluding hydrogens is 810 g/mol. The number of nitrogens with two attached hydrogens (primary N) is 1. The molecule has 4 fully saturated rings. The molecule has 2 aromatic carbocycles. The number of nitrogens with one attached hydrogen (secondary N) is 5. The summed E-state index contributed by atoms with van der Waals surface area (Å²) in [5.74, 6) is 0.183. The summed E-state index contributed by atoms with van der Waals surface area (Å²) in [7, 11) is 0. The average Bonchev–Trinajstić information content (AvgIpc) is 3.82. The van der Waals surface area contributed by atoms with Crippen LogP contribution in [0, 0.1) is 35.0 Å². The Kier molecular flexibility index (Phi) is 16.5. The van der Waals surface area contributed by atoms with E-state index in [9.17, 15) is 29.2 Å². The molecule has 13 heteroatoms. The Hall–Kier alpha value is -4.80. The van der Waals surface area contributed by atoms with Crippen LogP contribution in [0.5, 0.6) is 0 Å². The number of amides is 3. The number of nitriles is 1. The molecule has 1 unspecified atom stereocenters. The van der Waals surface area contributed by atoms with Gasteiger partial charge < -0.3 is 31.7 Å². The summed E-state index contributed by atoms with van der Waals surface area (Å²) >= 11 is 0. The molecule has 2 heterocycles. The maximum atomic E-state index is 12.7. The van der Waals surface area contributed by atoms with Gasteiger partial charge in [-0.25, -0.2) is 0 Å². The standard InChI is InChI=1S/C21H24N4O2.C17H20N2O2.C8H15NO.BrH/c22-12-19(13-9-10-13)25-20(26)15-6-2-4-8-17(15)24-21(27)18-11-14-5-1-3-7-16(14)23-18;1-11(20)13-7-3-5-9-15(13)19-17(21)16-10-12-6-2-4-8-14(12)18-16;1-6(10)7-4-2-3-5-8(7)9;/h1,3,5,7,11,13,15,17,19,23H,2,4,6,8-10H2,(H,24,27)(H,25,26);2,4,6,8,10,13,15,18H,3,5,7,9H2,1H3,(H,19,21);7-8H,2-5,9H2,1H3;1H/t15-,17+,19?;13-,15-;7-,8-;/m100./s1. The maximum absolute atomic E-state index is 12.7. The van der Waals surface area contributed by atoms with Gasteiger partial charge in [0.25, 0.3) is 11.8 Å². The number of ketones is 2. The van der Waals surface area contributed by atoms with E-state index in [0.29, 0.717) is 17.3 Å². The summed E-state index contributed by atoms with van der Waals surface area (Å²) in [6.45, 7) is 3.27. The molecule has 2 aromatic heterocycles. The van der Waals surface area contributed by atoms with E-state index in [-0.39, 0.29) is 82.1 Å². The quantitative estimate of drug-likeness (QED) is 0.0994. The topological polar surface area (TPSA) is 203 Å². The van der Waals surface area contributed by atoms with Crippen molar-refractivity contribution in [2.75, 3.05) is 0 Å². The van der Waals surface area contributed by atoms with Crippen molar-refractivity contribution >= 4 is 68.1 Å². The van der Waals surface area contributed by atoms with Gasteiger partial charge in [0, 0.05) is 51.8 Å². The minimum absolute atomic E-state index is 0. The van der Waals surface area contributed by atoms with Gasteiger partial charge in [0.05, 0.1) is 12.0 Å². The highest BCUT2D eigenvalue weighted by Crippen LogP contribution is 2.33. The lowest BCUT2D eigenvalue weighted by molar-refractivity contribution is -0.127. The van der Waals surface area contributed by atoms with Gasteiger partial charge in [-0.2, -0.15) is 5.26 Å². The van der Waals surface area contributed by atoms with Gasteiger partial charge in [-0.1, -0.05) is 74.9 Å². The number of nitrogens with zero attached hydrogens (tertiary/aromatic N) is 1. The monoisotopic (exact) mass is 869 g/mol. The number of para-hydroxylation sites is 2. The van der Waals surface area contributed by atoms with Crippen LogP contribution in [0.2, 0.25) is 0 Å². The lowest BCUT2D eigenvalue weighted by Gasteiger charge is -2.31. The summed E-state index contributed by atoms with van der Waals surface area (Å²) in [6.07, 6.45) is 13.8. The second-order valence-corrected chi connectivity index (χ2v) is 16.7. The number of carbonyl (C=O) groups is 5. The van der Waals surface area contributed by atoms with Gasteiger partial charge in [0.1, 0.15) is 29.0 Å². The third-order valence-corrected chi connectivity index (χ3v) is 12.4. The van der Waals surface area contributed by atoms with E-state index in [4.69, 9.17) is 5.73 Å². The zero-order chi connectivity index (χ0) is 41.2. The molecule has 4 aliphatic carbocycles. The molecule has 8 rings (SSSR count). The van der Waals surface area contributed by atoms with Crippen molar-refractivity contribution in [3.05, 3.63) is 72.1 Å². The first-order valence-corrected chi connectivity index (χ1v) is 21.3. The third-order valence-electron chi connectivity index (χ3n) is 12.4. The summed E-state index contributed by atoms with van der Waals surface area (Å²) in [5.41, 5.74) is 8.70. The predicted octanol–water partition coefficient (Wildman–Crippen LogP) is 7.59. The smallest absolute Gasteiger partial charge is 0.267 e. The summed E-state index contributed by atoms with van der Waals surface area (Å²) in [6, 6.07) is 21.0. The number of H-pyrrole nitrogens is 2. The zero-order valence-corrected chi connectivity index (χ0v) is 36.0. The van der Waals surface area contributed by atoms with E-state index < -0.39 is 6.04 Å². The number of Topliss-reactive ketones (excluding diaryl/α,β-unsaturated/α-hetero) is 2. The number of rotatable bonds is 9. The molecule has 3 amide bonds. The number of aromatic amines is 2. The number of benzene rings is 2. The molecule has 0 aliphatic heterocycles. The van der Waals surface area contributed by atoms with Crippen molar-refractivity contribution in [2.45, 2.75) is 128 Å². The van der Waals surface area contributed by atoms with Crippen molar-refractivity contribution < 1.29 is 24.0 Å². The largest absolute Gasteiger partial charge is 0.351 e. The molecule has 0 radical (unpaired) electrons. The van der Waals surface area contributed by atoms with Gasteiger partial charge in [0.15, 0.2) is 0 Å². The van der Waals surface area contributed by atoms with E-state index in [2.05, 4.69) is 32.0 Å². The fourth-order valence-corrected chi connectivity index (χ4v) is 8.90. The minimum Gasteiger partial charge on any atom is -0.351 e. The second-order valence-electron chi connectivity index (χ2n) is 16.7. The number of halogens is 1. The normalized spacial score (nSPS) is 24.3. The van der Waals surface area contributed by atoms with Crippen molar-refractivity contribution in [2.24, 2.45) is 29.4 Å². The van der Waals surface area contributed by atoms with Gasteiger partial charge >= 0.3 is 0 Å². The van der Waals surface area contributed by atoms with E-state index >= 15 is 0 Å². The Morgan fingerprint density at radius 2 is 1.08 bits per heavy atom. The van der Waals surface area contributed by atoms with Crippen LogP contribution in [0.1, 0.15) is 125 Å². The molecule has 7 atom stereocenters. The van der Waals surface area contributed by atoms with Crippen LogP contribution in [-0.4, -0.2) is 63.4 Å². The van der Waals surface area contributed by atoms with Gasteiger partial charge in [-0.15, -0.1) is 17.0 Å². The predicted molar refractivity (Wildman–Crippen MR) is 235 cm³/mol. The van der Waals surface area contributed by atoms with Crippen molar-refractivity contribution in [3.63, 3.8) is 0 Å². The summed E-state index contributed by atoms with van der Waals surface area (Å²) in [4.78, 5) is 66.8. The molecule has 4 aromatic rings. The molecule has 4 aliphatic rings. The molecule has 7 N–H and O–H groups in total. The second kappa shape index (κ2) is 21.5. The number of fused-ring (bicyclic) bond motifs is 2. The maximum Gasteiger partial charge on any atom is 0.267 e. The Morgan fingerprint density at radius 3 is 1.53 bits per heavy atom. The Labute approximate surface area is 357 Å². The molecule has 0 saturated heterocycles. The van der Waals surface area contributed by atoms with Crippen LogP contribution >= 0.6 is 17.0 Å². The fraction of sp³-hybridized carbons (Fsp3) is 0.522. The number of aromatic nitrogens is 2. The minimum atomic E-state index is -0.399. The lowest BCUT2D eigenvalue weighted by Crippen LogP contribution is -2.50. The molecular formula is C46H60BrN7O5. The molecule has 316 valence electrons. The highest BCUT2D eigenvalue weighted by Gasteiger charge is 2.37. The van der Waals surface area contributed by atoms with Crippen LogP contribution in [0.4, 0.5) is 0 Å². The molecule has 0 spiro atoms. The van der Waals surface area contributed by atoms with Gasteiger partial charge in [0.2, 0.25) is 5.91 Å². The van der Waals surface area contributed by atoms with Crippen LogP contribution in [0.15, 0.2) is 60.7 Å². The number of hydrogen-bond acceptors (Lipinski definition) is 7. The first-order chi connectivity index (χ1) is 28.0. The summed E-state index contributed by atoms with van der Waals surface area (Å²) in [5, 5.41) is 20.3. The number of hydrogen-bond donors (Lipinski definition) is 6. The van der Waals surface area contributed by atoms with E-state index in [1.807, 2.05) is 60.7 Å². The molecule has 12 nitrogen and oxygen atoms in total. The average molecular weight is 871 g/mol. The first-order valence-electron chi connectivity index (χ1n) is 21.3. The Balaban J connectivity index is 0.000000183. The van der Waals surface area contributed by atoms with Gasteiger partial charge in [-0.05, 0) is 95.4 Å². The Morgan fingerprint density at radius 1 is 0.644 bits per heavy atom. The van der Waals surface area contributed by atoms with E-state index in [1.54, 1.807) is 13.8 Å². The van der Waals surface area contributed by atoms with Crippen molar-refractivity contribution in [1.29, 1.82) is 5.26 Å². The highest BCUT2D eigenvalue weighted by atomic mass is 79.9. The van der Waals surface area contributed by atoms with Crippen LogP contribution < -0.4 is 21.7 Å². The molecule has 4 saturated carbocycles. The first kappa shape index (κ1) is 45.3. The highest BCUT2D eigenvalue weighted by molar-refractivity contribution is 8.93. The number of carbonyl (C=O) groups excluding carboxylic acids is 5. The van der Waals surface area contributed by atoms with Crippen LogP contribution in [-0.2, 0) is 14.4 Å². The zero-order valence-electron chi connectivity index (χ0n) is 34.3. The SMILES string of the molecule is Br.CC(=O)[C@@H]1CCCC[C@@H]1N.CC(=O)[C@@H]1CCCC[C@@H]1NC(=O)c1cc2ccccc2[nH]1.N#CC(NC(=O)[C@@H]1CCCC[C@@H]1NC(=O)c1cc2ccccc2[nH]1)C1CC1. The Bertz CT molecular complexity index is 2050. The van der Waals surface area contributed by atoms with Crippen LogP contribution in [0.25, 0.3) is 21.8 Å². The molecule has 59 heavy (non-hydrogen) atoms. The van der Waals surface area contributed by atoms with Crippen LogP contribution in [0.3, 0.4) is 0 Å². The van der Waals surface area contributed by atoms with Crippen molar-refractivity contribution in [3.8, 4) is 6.07 Å². The lowest BCUT2D eigenvalue weighted by atomic mass is 9.82. The third kappa shape index (κ3) is 12.1. The van der Waals surface area contributed by atoms with Crippen molar-refractivity contribution in [1.82, 2.24) is 25.9 Å². The van der Waals surface area contributed by atoms with Gasteiger partial charge in [-0.3, -0.25) is 24.0 Å². The molecule has 0 bridgehead atoms. The van der Waals surface area contributed by atoms with E-state index in [1.165, 1.54) is 12.8 Å². The van der Waals surface area contributed by atoms with E-state index in [0.717, 1.165) is 98.9 Å². The fourth-order valence-electron chi connectivity index (χ4n) is 8.90.